The normalized spacial score (nSPS) is 55.3. The molecule has 0 radical (unpaired) electrons. The van der Waals surface area contributed by atoms with Crippen molar-refractivity contribution >= 4 is 0 Å². The van der Waals surface area contributed by atoms with E-state index in [9.17, 15) is 5.11 Å². The quantitative estimate of drug-likeness (QED) is 0.804. The lowest BCUT2D eigenvalue weighted by molar-refractivity contribution is 0.0419. The van der Waals surface area contributed by atoms with Gasteiger partial charge in [-0.15, -0.1) is 0 Å². The molecule has 4 aliphatic rings. The molecule has 0 heterocycles. The largest absolute Gasteiger partial charge is 0.393 e. The summed E-state index contributed by atoms with van der Waals surface area (Å²) < 4.78 is 0. The molecule has 4 saturated carbocycles. The van der Waals surface area contributed by atoms with Gasteiger partial charge in [-0.25, -0.2) is 0 Å². The summed E-state index contributed by atoms with van der Waals surface area (Å²) in [5.41, 5.74) is 0. The highest BCUT2D eigenvalue weighted by Crippen LogP contribution is 2.71. The second kappa shape index (κ2) is 4.23. The molecule has 0 aromatic heterocycles. The minimum absolute atomic E-state index is 0.0706. The minimum Gasteiger partial charge on any atom is -0.393 e. The zero-order chi connectivity index (χ0) is 12.3. The van der Waals surface area contributed by atoms with Gasteiger partial charge in [0.15, 0.2) is 0 Å². The Bertz CT molecular complexity index is 302. The van der Waals surface area contributed by atoms with E-state index in [1.165, 1.54) is 51.4 Å². The lowest BCUT2D eigenvalue weighted by atomic mass is 9.76. The number of hydrogen-bond donors (Lipinski definition) is 1. The van der Waals surface area contributed by atoms with Crippen LogP contribution < -0.4 is 0 Å². The van der Waals surface area contributed by atoms with Crippen molar-refractivity contribution < 1.29 is 5.11 Å². The van der Waals surface area contributed by atoms with Crippen LogP contribution in [0.2, 0.25) is 0 Å². The van der Waals surface area contributed by atoms with Crippen LogP contribution in [-0.2, 0) is 0 Å². The summed E-state index contributed by atoms with van der Waals surface area (Å²) in [4.78, 5) is 0. The summed E-state index contributed by atoms with van der Waals surface area (Å²) in [6.45, 7) is 2.32. The molecule has 2 bridgehead atoms. The molecule has 4 rings (SSSR count). The van der Waals surface area contributed by atoms with E-state index < -0.39 is 0 Å². The Morgan fingerprint density at radius 3 is 2.11 bits per heavy atom. The van der Waals surface area contributed by atoms with Gasteiger partial charge < -0.3 is 5.11 Å². The fourth-order valence-electron chi connectivity index (χ4n) is 6.10. The van der Waals surface area contributed by atoms with E-state index in [1.807, 2.05) is 0 Å². The van der Waals surface area contributed by atoms with E-state index in [2.05, 4.69) is 6.92 Å². The molecule has 0 aromatic rings. The van der Waals surface area contributed by atoms with E-state index in [-0.39, 0.29) is 6.10 Å². The Morgan fingerprint density at radius 2 is 1.56 bits per heavy atom. The van der Waals surface area contributed by atoms with Crippen LogP contribution in [-0.4, -0.2) is 11.2 Å². The van der Waals surface area contributed by atoms with E-state index in [1.54, 1.807) is 0 Å². The molecular weight excluding hydrogens is 220 g/mol. The smallest absolute Gasteiger partial charge is 0.0602 e. The van der Waals surface area contributed by atoms with Crippen molar-refractivity contribution in [3.05, 3.63) is 0 Å². The Balaban J connectivity index is 1.36. The van der Waals surface area contributed by atoms with Gasteiger partial charge in [0.05, 0.1) is 6.10 Å². The Morgan fingerprint density at radius 1 is 0.944 bits per heavy atom. The number of aliphatic hydroxyl groups excluding tert-OH is 1. The molecule has 4 fully saturated rings. The molecule has 0 aromatic carbocycles. The summed E-state index contributed by atoms with van der Waals surface area (Å²) in [5, 5.41) is 10.7. The maximum Gasteiger partial charge on any atom is 0.0602 e. The van der Waals surface area contributed by atoms with Gasteiger partial charge >= 0.3 is 0 Å². The van der Waals surface area contributed by atoms with E-state index in [4.69, 9.17) is 0 Å². The van der Waals surface area contributed by atoms with Crippen LogP contribution in [0.4, 0.5) is 0 Å². The number of fused-ring (bicyclic) bond motifs is 5. The maximum atomic E-state index is 10.7. The molecule has 18 heavy (non-hydrogen) atoms. The van der Waals surface area contributed by atoms with Crippen molar-refractivity contribution in [2.75, 3.05) is 0 Å². The van der Waals surface area contributed by atoms with Gasteiger partial charge in [-0.1, -0.05) is 26.2 Å². The third-order valence-electron chi connectivity index (χ3n) is 7.14. The second-order valence-corrected chi connectivity index (χ2v) is 7.74. The summed E-state index contributed by atoms with van der Waals surface area (Å²) >= 11 is 0. The SMILES string of the molecule is CCC1CCC(C(O)C2C3C4CCC(C4)C32)CC1. The zero-order valence-electron chi connectivity index (χ0n) is 11.7. The molecule has 4 aliphatic carbocycles. The molecule has 1 heteroatoms. The van der Waals surface area contributed by atoms with Crippen LogP contribution in [0.15, 0.2) is 0 Å². The van der Waals surface area contributed by atoms with Crippen molar-refractivity contribution in [3.8, 4) is 0 Å². The van der Waals surface area contributed by atoms with Crippen LogP contribution in [0.3, 0.4) is 0 Å². The zero-order valence-corrected chi connectivity index (χ0v) is 11.7. The highest BCUT2D eigenvalue weighted by atomic mass is 16.3. The van der Waals surface area contributed by atoms with Gasteiger partial charge in [0.1, 0.15) is 0 Å². The third-order valence-corrected chi connectivity index (χ3v) is 7.14. The van der Waals surface area contributed by atoms with Crippen LogP contribution in [0.1, 0.15) is 58.3 Å². The number of rotatable bonds is 3. The number of aliphatic hydroxyl groups is 1. The molecule has 102 valence electrons. The van der Waals surface area contributed by atoms with Crippen LogP contribution in [0.25, 0.3) is 0 Å². The average Bonchev–Trinajstić information content (AvgIpc) is 2.85. The predicted molar refractivity (Wildman–Crippen MR) is 73.0 cm³/mol. The van der Waals surface area contributed by atoms with Gasteiger partial charge in [-0.2, -0.15) is 0 Å². The number of hydrogen-bond acceptors (Lipinski definition) is 1. The Labute approximate surface area is 111 Å². The minimum atomic E-state index is 0.0706. The molecular formula is C17H28O. The first-order valence-corrected chi connectivity index (χ1v) is 8.47. The first kappa shape index (κ1) is 11.8. The Hall–Kier alpha value is -0.0400. The average molecular weight is 248 g/mol. The first-order chi connectivity index (χ1) is 8.79. The summed E-state index contributed by atoms with van der Waals surface area (Å²) in [5.74, 6) is 6.31. The van der Waals surface area contributed by atoms with Crippen molar-refractivity contribution in [1.82, 2.24) is 0 Å². The van der Waals surface area contributed by atoms with Crippen molar-refractivity contribution in [3.63, 3.8) is 0 Å². The van der Waals surface area contributed by atoms with Crippen LogP contribution in [0, 0.1) is 41.4 Å². The van der Waals surface area contributed by atoms with Gasteiger partial charge in [-0.3, -0.25) is 0 Å². The standard InChI is InChI=1S/C17H28O/c1-2-10-3-5-11(6-4-10)17(18)16-14-12-7-8-13(9-12)15(14)16/h10-18H,2-9H2,1H3. The van der Waals surface area contributed by atoms with Crippen molar-refractivity contribution in [2.45, 2.75) is 64.4 Å². The van der Waals surface area contributed by atoms with E-state index >= 15 is 0 Å². The molecule has 0 saturated heterocycles. The predicted octanol–water partition coefficient (Wildman–Crippen LogP) is 3.86. The maximum absolute atomic E-state index is 10.7. The van der Waals surface area contributed by atoms with Gasteiger partial charge in [0, 0.05) is 0 Å². The fraction of sp³-hybridized carbons (Fsp3) is 1.00. The highest BCUT2D eigenvalue weighted by molar-refractivity contribution is 5.15. The van der Waals surface area contributed by atoms with Gasteiger partial charge in [0.2, 0.25) is 0 Å². The molecule has 0 aliphatic heterocycles. The summed E-state index contributed by atoms with van der Waals surface area (Å²) in [6, 6.07) is 0. The fourth-order valence-corrected chi connectivity index (χ4v) is 6.10. The lowest BCUT2D eigenvalue weighted by Gasteiger charge is -2.32. The molecule has 0 amide bonds. The molecule has 0 spiro atoms. The monoisotopic (exact) mass is 248 g/mol. The van der Waals surface area contributed by atoms with Gasteiger partial charge in [-0.05, 0) is 73.5 Å². The lowest BCUT2D eigenvalue weighted by Crippen LogP contribution is -2.29. The molecule has 1 nitrogen and oxygen atoms in total. The second-order valence-electron chi connectivity index (χ2n) is 7.74. The molecule has 5 unspecified atom stereocenters. The topological polar surface area (TPSA) is 20.2 Å². The van der Waals surface area contributed by atoms with Crippen molar-refractivity contribution in [1.29, 1.82) is 0 Å². The third kappa shape index (κ3) is 1.62. The molecule has 1 N–H and O–H groups in total. The summed E-state index contributed by atoms with van der Waals surface area (Å²) in [7, 11) is 0. The van der Waals surface area contributed by atoms with Crippen LogP contribution >= 0.6 is 0 Å². The van der Waals surface area contributed by atoms with E-state index in [0.29, 0.717) is 5.92 Å². The Kier molecular flexibility index (Phi) is 2.76. The summed E-state index contributed by atoms with van der Waals surface area (Å²) in [6.07, 6.45) is 11.3. The van der Waals surface area contributed by atoms with Crippen LogP contribution in [0.5, 0.6) is 0 Å². The molecule has 5 atom stereocenters. The van der Waals surface area contributed by atoms with Crippen molar-refractivity contribution in [2.24, 2.45) is 41.4 Å². The van der Waals surface area contributed by atoms with Gasteiger partial charge in [0.25, 0.3) is 0 Å². The highest BCUT2D eigenvalue weighted by Gasteiger charge is 2.67. The first-order valence-electron chi connectivity index (χ1n) is 8.47. The van der Waals surface area contributed by atoms with E-state index in [0.717, 1.165) is 35.5 Å².